The van der Waals surface area contributed by atoms with Gasteiger partial charge in [0.05, 0.1) is 23.5 Å². The molecule has 0 bridgehead atoms. The Morgan fingerprint density at radius 3 is 2.71 bits per heavy atom. The molecule has 3 aromatic rings. The minimum atomic E-state index is -1.31. The van der Waals surface area contributed by atoms with Crippen LogP contribution >= 0.6 is 15.9 Å². The first-order valence-electron chi connectivity index (χ1n) is 9.60. The lowest BCUT2D eigenvalue weighted by Gasteiger charge is -2.16. The van der Waals surface area contributed by atoms with E-state index in [2.05, 4.69) is 26.2 Å². The zero-order chi connectivity index (χ0) is 22.1. The van der Waals surface area contributed by atoms with Crippen molar-refractivity contribution in [3.05, 3.63) is 92.1 Å². The van der Waals surface area contributed by atoms with Crippen molar-refractivity contribution in [3.8, 4) is 0 Å². The van der Waals surface area contributed by atoms with Gasteiger partial charge in [-0.2, -0.15) is 0 Å². The fraction of sp³-hybridized carbons (Fsp3) is 0.227. The Balaban J connectivity index is 1.62. The normalized spacial score (nSPS) is 17.4. The van der Waals surface area contributed by atoms with Crippen molar-refractivity contribution in [1.29, 1.82) is 0 Å². The summed E-state index contributed by atoms with van der Waals surface area (Å²) in [7, 11) is 0. The Morgan fingerprint density at radius 2 is 2.03 bits per heavy atom. The van der Waals surface area contributed by atoms with Gasteiger partial charge in [-0.05, 0) is 55.2 Å². The van der Waals surface area contributed by atoms with Gasteiger partial charge in [-0.1, -0.05) is 22.0 Å². The Morgan fingerprint density at radius 1 is 1.23 bits per heavy atom. The molecule has 1 saturated carbocycles. The molecule has 2 unspecified atom stereocenters. The minimum absolute atomic E-state index is 0.0269. The molecule has 0 radical (unpaired) electrons. The summed E-state index contributed by atoms with van der Waals surface area (Å²) in [5, 5.41) is 12.7. The van der Waals surface area contributed by atoms with Crippen LogP contribution in [0, 0.1) is 17.6 Å². The van der Waals surface area contributed by atoms with Gasteiger partial charge >= 0.3 is 5.97 Å². The number of nitrogens with one attached hydrogen (secondary N) is 1. The predicted molar refractivity (Wildman–Crippen MR) is 114 cm³/mol. The topological polar surface area (TPSA) is 84.2 Å². The average Bonchev–Trinajstić information content (AvgIpc) is 3.47. The number of nitrogens with zero attached hydrogens (tertiary/aromatic N) is 2. The minimum Gasteiger partial charge on any atom is -0.478 e. The summed E-state index contributed by atoms with van der Waals surface area (Å²) >= 11 is 3.21. The summed E-state index contributed by atoms with van der Waals surface area (Å²) in [5.74, 6) is -2.87. The van der Waals surface area contributed by atoms with Crippen molar-refractivity contribution in [2.24, 2.45) is 5.92 Å². The molecule has 31 heavy (non-hydrogen) atoms. The number of benzene rings is 1. The first kappa shape index (κ1) is 21.2. The fourth-order valence-corrected chi connectivity index (χ4v) is 3.93. The van der Waals surface area contributed by atoms with E-state index in [9.17, 15) is 23.5 Å². The Labute approximate surface area is 184 Å². The molecule has 1 aliphatic rings. The van der Waals surface area contributed by atoms with Gasteiger partial charge in [-0.25, -0.2) is 13.6 Å². The van der Waals surface area contributed by atoms with Crippen LogP contribution in [0.1, 0.15) is 28.2 Å². The molecule has 2 atom stereocenters. The molecule has 0 spiro atoms. The van der Waals surface area contributed by atoms with E-state index in [-0.39, 0.29) is 36.2 Å². The number of pyridine rings is 2. The van der Waals surface area contributed by atoms with Gasteiger partial charge in [0.1, 0.15) is 5.82 Å². The van der Waals surface area contributed by atoms with E-state index in [0.717, 1.165) is 10.6 Å². The van der Waals surface area contributed by atoms with Crippen molar-refractivity contribution >= 4 is 27.6 Å². The monoisotopic (exact) mass is 489 g/mol. The molecule has 2 heterocycles. The van der Waals surface area contributed by atoms with Gasteiger partial charge in [0.2, 0.25) is 0 Å². The lowest BCUT2D eigenvalue weighted by molar-refractivity contribution is 0.0693. The smallest absolute Gasteiger partial charge is 0.337 e. The van der Waals surface area contributed by atoms with E-state index in [4.69, 9.17) is 0 Å². The number of rotatable bonds is 7. The fourth-order valence-electron chi connectivity index (χ4n) is 3.60. The Kier molecular flexibility index (Phi) is 5.86. The van der Waals surface area contributed by atoms with Crippen molar-refractivity contribution in [2.75, 3.05) is 5.32 Å². The number of hydrogen-bond acceptors (Lipinski definition) is 4. The van der Waals surface area contributed by atoms with Gasteiger partial charge < -0.3 is 15.0 Å². The molecule has 4 rings (SSSR count). The van der Waals surface area contributed by atoms with Gasteiger partial charge in [-0.3, -0.25) is 9.78 Å². The van der Waals surface area contributed by atoms with E-state index < -0.39 is 23.2 Å². The van der Waals surface area contributed by atoms with Crippen molar-refractivity contribution in [1.82, 2.24) is 9.55 Å². The van der Waals surface area contributed by atoms with E-state index in [0.29, 0.717) is 22.3 Å². The highest BCUT2D eigenvalue weighted by Crippen LogP contribution is 2.38. The molecule has 0 amide bonds. The highest BCUT2D eigenvalue weighted by molar-refractivity contribution is 9.10. The summed E-state index contributed by atoms with van der Waals surface area (Å²) < 4.78 is 30.1. The third-order valence-electron chi connectivity index (χ3n) is 5.28. The second kappa shape index (κ2) is 8.58. The summed E-state index contributed by atoms with van der Waals surface area (Å²) in [5.41, 5.74) is -0.0623. The van der Waals surface area contributed by atoms with Crippen LogP contribution in [-0.2, 0) is 13.0 Å². The van der Waals surface area contributed by atoms with Crippen molar-refractivity contribution in [3.63, 3.8) is 0 Å². The molecule has 1 aromatic carbocycles. The van der Waals surface area contributed by atoms with Gasteiger partial charge in [0.25, 0.3) is 5.56 Å². The Hall–Kier alpha value is -3.07. The maximum Gasteiger partial charge on any atom is 0.337 e. The quantitative estimate of drug-likeness (QED) is 0.522. The van der Waals surface area contributed by atoms with E-state index >= 15 is 0 Å². The maximum atomic E-state index is 14.2. The molecule has 2 aromatic heterocycles. The van der Waals surface area contributed by atoms with E-state index in [1.54, 1.807) is 36.5 Å². The second-order valence-corrected chi connectivity index (χ2v) is 8.36. The zero-order valence-electron chi connectivity index (χ0n) is 16.2. The lowest BCUT2D eigenvalue weighted by atomic mass is 10.1. The SMILES string of the molecule is O=C(O)c1cc(F)c(=O)n(Cc2ccccn2)c1CC1CC1Nc1ccc(Br)cc1F. The van der Waals surface area contributed by atoms with Crippen LogP contribution in [0.2, 0.25) is 0 Å². The number of carboxylic acid groups (broad SMARTS) is 1. The standard InChI is InChI=1S/C22H18BrF2N3O3/c23-13-4-5-18(16(24)9-13)27-19-7-12(19)8-20-15(22(30)31)10-17(25)21(29)28(20)11-14-3-1-2-6-26-14/h1-6,9-10,12,19,27H,7-8,11H2,(H,30,31). The van der Waals surface area contributed by atoms with Crippen LogP contribution in [0.3, 0.4) is 0 Å². The van der Waals surface area contributed by atoms with Crippen molar-refractivity contribution in [2.45, 2.75) is 25.4 Å². The molecule has 1 aliphatic carbocycles. The molecule has 9 heteroatoms. The molecule has 0 saturated heterocycles. The molecule has 6 nitrogen and oxygen atoms in total. The summed E-state index contributed by atoms with van der Waals surface area (Å²) in [4.78, 5) is 28.4. The van der Waals surface area contributed by atoms with Gasteiger partial charge in [0.15, 0.2) is 5.82 Å². The number of carboxylic acids is 1. The third kappa shape index (κ3) is 4.66. The van der Waals surface area contributed by atoms with Crippen LogP contribution < -0.4 is 10.9 Å². The van der Waals surface area contributed by atoms with Crippen LogP contribution in [-0.4, -0.2) is 26.7 Å². The molecule has 0 aliphatic heterocycles. The van der Waals surface area contributed by atoms with Crippen LogP contribution in [0.25, 0.3) is 0 Å². The van der Waals surface area contributed by atoms with Crippen LogP contribution in [0.5, 0.6) is 0 Å². The Bertz CT molecular complexity index is 1200. The maximum absolute atomic E-state index is 14.2. The number of halogens is 3. The number of anilines is 1. The molecular formula is C22H18BrF2N3O3. The van der Waals surface area contributed by atoms with Crippen molar-refractivity contribution < 1.29 is 18.7 Å². The number of aromatic carboxylic acids is 1. The predicted octanol–water partition coefficient (Wildman–Crippen LogP) is 4.07. The first-order chi connectivity index (χ1) is 14.8. The average molecular weight is 490 g/mol. The molecule has 1 fully saturated rings. The number of aromatic nitrogens is 2. The van der Waals surface area contributed by atoms with Crippen LogP contribution in [0.15, 0.2) is 57.9 Å². The van der Waals surface area contributed by atoms with E-state index in [1.165, 1.54) is 6.07 Å². The number of carbonyl (C=O) groups is 1. The number of hydrogen-bond donors (Lipinski definition) is 2. The zero-order valence-corrected chi connectivity index (χ0v) is 17.8. The summed E-state index contributed by atoms with van der Waals surface area (Å²) in [6.45, 7) is -0.0425. The summed E-state index contributed by atoms with van der Waals surface area (Å²) in [6.07, 6.45) is 2.45. The van der Waals surface area contributed by atoms with E-state index in [1.807, 2.05) is 0 Å². The first-order valence-corrected chi connectivity index (χ1v) is 10.4. The largest absolute Gasteiger partial charge is 0.478 e. The van der Waals surface area contributed by atoms with Gasteiger partial charge in [0, 0.05) is 22.4 Å². The highest BCUT2D eigenvalue weighted by Gasteiger charge is 2.39. The second-order valence-electron chi connectivity index (χ2n) is 7.45. The third-order valence-corrected chi connectivity index (χ3v) is 5.78. The van der Waals surface area contributed by atoms with Gasteiger partial charge in [-0.15, -0.1) is 0 Å². The summed E-state index contributed by atoms with van der Waals surface area (Å²) in [6, 6.07) is 10.5. The molecule has 160 valence electrons. The lowest BCUT2D eigenvalue weighted by Crippen LogP contribution is -2.30. The molecular weight excluding hydrogens is 472 g/mol. The highest BCUT2D eigenvalue weighted by atomic mass is 79.9. The molecule has 2 N–H and O–H groups in total. The van der Waals surface area contributed by atoms with Crippen LogP contribution in [0.4, 0.5) is 14.5 Å².